The Balaban J connectivity index is 1.19. The summed E-state index contributed by atoms with van der Waals surface area (Å²) in [6.07, 6.45) is 17.4. The van der Waals surface area contributed by atoms with Crippen molar-refractivity contribution in [2.75, 3.05) is 11.5 Å². The molecule has 0 aliphatic heterocycles. The summed E-state index contributed by atoms with van der Waals surface area (Å²) in [4.78, 5) is 15.5. The molecule has 0 fully saturated rings. The van der Waals surface area contributed by atoms with Crippen LogP contribution < -0.4 is 4.74 Å². The summed E-state index contributed by atoms with van der Waals surface area (Å²) in [6.45, 7) is 4.53. The molecule has 0 aliphatic rings. The van der Waals surface area contributed by atoms with Gasteiger partial charge in [0.1, 0.15) is 5.75 Å². The molecule has 0 aromatic heterocycles. The maximum Gasteiger partial charge on any atom is 0.343 e. The number of carbonyl (C=O) groups excluding carboxylic acids is 1. The lowest BCUT2D eigenvalue weighted by atomic mass is 10.0. The van der Waals surface area contributed by atoms with Crippen LogP contribution in [0.3, 0.4) is 0 Å². The molecular weight excluding hydrogens is 601 g/mol. The zero-order chi connectivity index (χ0) is 32.2. The lowest BCUT2D eigenvalue weighted by molar-refractivity contribution is 0.0735. The van der Waals surface area contributed by atoms with Crippen LogP contribution in [0.1, 0.15) is 108 Å². The molecule has 4 aromatic carbocycles. The molecule has 4 rings (SSSR count). The van der Waals surface area contributed by atoms with Crippen LogP contribution in [0.5, 0.6) is 5.75 Å². The molecule has 0 spiro atoms. The van der Waals surface area contributed by atoms with E-state index in [4.69, 9.17) is 4.74 Å². The summed E-state index contributed by atoms with van der Waals surface area (Å²) in [6, 6.07) is 33.0. The predicted molar refractivity (Wildman–Crippen MR) is 202 cm³/mol. The molecule has 0 radical (unpaired) electrons. The van der Waals surface area contributed by atoms with Gasteiger partial charge in [0.25, 0.3) is 0 Å². The number of carbonyl (C=O) groups is 1. The van der Waals surface area contributed by atoms with Crippen molar-refractivity contribution in [3.63, 3.8) is 0 Å². The third-order valence-electron chi connectivity index (χ3n) is 8.34. The van der Waals surface area contributed by atoms with Crippen molar-refractivity contribution < 1.29 is 9.53 Å². The minimum absolute atomic E-state index is 0.344. The smallest absolute Gasteiger partial charge is 0.343 e. The van der Waals surface area contributed by atoms with E-state index >= 15 is 0 Å². The van der Waals surface area contributed by atoms with E-state index in [-0.39, 0.29) is 5.97 Å². The number of esters is 1. The van der Waals surface area contributed by atoms with Gasteiger partial charge in [-0.05, 0) is 95.1 Å². The lowest BCUT2D eigenvalue weighted by Crippen LogP contribution is -2.08. The van der Waals surface area contributed by atoms with E-state index < -0.39 is 0 Å². The molecule has 0 unspecified atom stereocenters. The van der Waals surface area contributed by atoms with E-state index in [9.17, 15) is 4.79 Å². The van der Waals surface area contributed by atoms with Crippen LogP contribution in [0, 0.1) is 0 Å². The fourth-order valence-electron chi connectivity index (χ4n) is 5.49. The molecule has 0 atom stereocenters. The highest BCUT2D eigenvalue weighted by molar-refractivity contribution is 7.99. The van der Waals surface area contributed by atoms with Gasteiger partial charge in [0.2, 0.25) is 0 Å². The molecule has 0 heterocycles. The second-order valence-electron chi connectivity index (χ2n) is 12.1. The zero-order valence-corrected chi connectivity index (χ0v) is 29.6. The molecule has 46 heavy (non-hydrogen) atoms. The van der Waals surface area contributed by atoms with Crippen LogP contribution in [-0.4, -0.2) is 17.5 Å². The molecule has 0 N–H and O–H groups in total. The van der Waals surface area contributed by atoms with Crippen molar-refractivity contribution in [3.05, 3.63) is 103 Å². The molecule has 0 saturated carbocycles. The van der Waals surface area contributed by atoms with Gasteiger partial charge in [0, 0.05) is 9.79 Å². The van der Waals surface area contributed by atoms with Gasteiger partial charge < -0.3 is 4.74 Å². The number of hydrogen-bond donors (Lipinski definition) is 0. The summed E-state index contributed by atoms with van der Waals surface area (Å²) in [7, 11) is 0. The van der Waals surface area contributed by atoms with Crippen molar-refractivity contribution >= 4 is 29.5 Å². The molecule has 0 amide bonds. The summed E-state index contributed by atoms with van der Waals surface area (Å²) < 4.78 is 5.69. The monoisotopic (exact) mass is 652 g/mol. The fraction of sp³-hybridized carbons (Fsp3) is 0.405. The van der Waals surface area contributed by atoms with E-state index in [0.717, 1.165) is 22.3 Å². The first-order valence-electron chi connectivity index (χ1n) is 17.5. The Bertz CT molecular complexity index is 1390. The Labute approximate surface area is 287 Å². The summed E-state index contributed by atoms with van der Waals surface area (Å²) in [5.41, 5.74) is 5.07. The zero-order valence-electron chi connectivity index (χ0n) is 28.0. The van der Waals surface area contributed by atoms with Gasteiger partial charge in [-0.3, -0.25) is 0 Å². The first kappa shape index (κ1) is 35.9. The highest BCUT2D eigenvalue weighted by Gasteiger charge is 2.10. The van der Waals surface area contributed by atoms with Crippen LogP contribution in [0.25, 0.3) is 22.3 Å². The number of hydrogen-bond acceptors (Lipinski definition) is 4. The highest BCUT2D eigenvalue weighted by Crippen LogP contribution is 2.28. The van der Waals surface area contributed by atoms with Crippen LogP contribution in [0.15, 0.2) is 107 Å². The standard InChI is InChI=1S/C42H52O2S2/c1-3-5-7-9-11-13-15-33-46-41-30-24-37(25-31-41)35-20-26-39(27-21-35)44-42(43)38-18-16-34(17-19-38)36-22-28-40(29-23-36)45-32-14-12-10-8-6-4-2/h16-31H,3-15,32-33H2,1-2H3. The minimum Gasteiger partial charge on any atom is -0.423 e. The van der Waals surface area contributed by atoms with Crippen molar-refractivity contribution in [1.82, 2.24) is 0 Å². The maximum atomic E-state index is 12.9. The van der Waals surface area contributed by atoms with Crippen LogP contribution >= 0.6 is 23.5 Å². The molecule has 4 heteroatoms. The Morgan fingerprint density at radius 3 is 1.22 bits per heavy atom. The highest BCUT2D eigenvalue weighted by atomic mass is 32.2. The third-order valence-corrected chi connectivity index (χ3v) is 10.5. The van der Waals surface area contributed by atoms with Crippen molar-refractivity contribution in [1.29, 1.82) is 0 Å². The fourth-order valence-corrected chi connectivity index (χ4v) is 7.31. The molecule has 4 aromatic rings. The van der Waals surface area contributed by atoms with Gasteiger partial charge in [-0.1, -0.05) is 133 Å². The topological polar surface area (TPSA) is 26.3 Å². The molecule has 0 bridgehead atoms. The predicted octanol–water partition coefficient (Wildman–Crippen LogP) is 13.5. The normalized spacial score (nSPS) is 11.1. The quantitative estimate of drug-likeness (QED) is 0.0387. The maximum absolute atomic E-state index is 12.9. The second kappa shape index (κ2) is 21.0. The SMILES string of the molecule is CCCCCCCCCSc1ccc(-c2ccc(OC(=O)c3ccc(-c4ccc(SCCCCCCCC)cc4)cc3)cc2)cc1. The number of unbranched alkanes of at least 4 members (excludes halogenated alkanes) is 11. The Morgan fingerprint density at radius 2 is 0.804 bits per heavy atom. The summed E-state index contributed by atoms with van der Waals surface area (Å²) in [5.74, 6) is 2.56. The molecule has 0 aliphatic carbocycles. The van der Waals surface area contributed by atoms with Crippen LogP contribution in [-0.2, 0) is 0 Å². The summed E-state index contributed by atoms with van der Waals surface area (Å²) >= 11 is 3.89. The van der Waals surface area contributed by atoms with Gasteiger partial charge in [-0.2, -0.15) is 0 Å². The average Bonchev–Trinajstić information content (AvgIpc) is 3.10. The third kappa shape index (κ3) is 12.7. The second-order valence-corrected chi connectivity index (χ2v) is 14.5. The van der Waals surface area contributed by atoms with Crippen molar-refractivity contribution in [2.45, 2.75) is 107 Å². The Hall–Kier alpha value is -2.95. The largest absolute Gasteiger partial charge is 0.423 e. The molecule has 2 nitrogen and oxygen atoms in total. The van der Waals surface area contributed by atoms with Gasteiger partial charge in [0.05, 0.1) is 5.56 Å². The van der Waals surface area contributed by atoms with Crippen LogP contribution in [0.2, 0.25) is 0 Å². The molecule has 0 saturated heterocycles. The number of ether oxygens (including phenoxy) is 1. The Morgan fingerprint density at radius 1 is 0.457 bits per heavy atom. The van der Waals surface area contributed by atoms with Crippen molar-refractivity contribution in [3.8, 4) is 28.0 Å². The van der Waals surface area contributed by atoms with E-state index in [1.807, 2.05) is 72.1 Å². The number of rotatable bonds is 21. The lowest BCUT2D eigenvalue weighted by Gasteiger charge is -2.08. The first-order chi connectivity index (χ1) is 22.7. The van der Waals surface area contributed by atoms with Gasteiger partial charge in [0.15, 0.2) is 0 Å². The van der Waals surface area contributed by atoms with Gasteiger partial charge in [-0.15, -0.1) is 23.5 Å². The molecule has 244 valence electrons. The van der Waals surface area contributed by atoms with Gasteiger partial charge in [-0.25, -0.2) is 4.79 Å². The average molecular weight is 653 g/mol. The van der Waals surface area contributed by atoms with E-state index in [1.54, 1.807) is 0 Å². The number of thioether (sulfide) groups is 2. The van der Waals surface area contributed by atoms with Crippen LogP contribution in [0.4, 0.5) is 0 Å². The van der Waals surface area contributed by atoms with E-state index in [2.05, 4.69) is 62.4 Å². The van der Waals surface area contributed by atoms with Crippen molar-refractivity contribution in [2.24, 2.45) is 0 Å². The Kier molecular flexibility index (Phi) is 16.4. The molecular formula is C42H52O2S2. The summed E-state index contributed by atoms with van der Waals surface area (Å²) in [5, 5.41) is 0. The van der Waals surface area contributed by atoms with E-state index in [0.29, 0.717) is 11.3 Å². The van der Waals surface area contributed by atoms with E-state index in [1.165, 1.54) is 105 Å². The first-order valence-corrected chi connectivity index (χ1v) is 19.5. The number of benzene rings is 4. The minimum atomic E-state index is -0.344. The van der Waals surface area contributed by atoms with Gasteiger partial charge >= 0.3 is 5.97 Å².